The van der Waals surface area contributed by atoms with Gasteiger partial charge in [-0.15, -0.1) is 0 Å². The number of aromatic nitrogens is 2. The lowest BCUT2D eigenvalue weighted by Gasteiger charge is -2.13. The number of aryl methyl sites for hydroxylation is 1. The van der Waals surface area contributed by atoms with Crippen molar-refractivity contribution in [3.63, 3.8) is 0 Å². The summed E-state index contributed by atoms with van der Waals surface area (Å²) in [6.45, 7) is 3.68. The zero-order valence-electron chi connectivity index (χ0n) is 11.4. The second kappa shape index (κ2) is 5.64. The van der Waals surface area contributed by atoms with Crippen LogP contribution in [0.15, 0.2) is 35.5 Å². The smallest absolute Gasteiger partial charge is 0.258 e. The summed E-state index contributed by atoms with van der Waals surface area (Å²) >= 11 is 0. The SMILES string of the molecule is CCc1ncc(S(=O)(=O)NC(C)c2ccc(N)cc2)[nH]1. The zero-order valence-corrected chi connectivity index (χ0v) is 12.2. The van der Waals surface area contributed by atoms with E-state index in [-0.39, 0.29) is 11.1 Å². The largest absolute Gasteiger partial charge is 0.399 e. The van der Waals surface area contributed by atoms with Crippen molar-refractivity contribution in [3.05, 3.63) is 41.9 Å². The van der Waals surface area contributed by atoms with E-state index in [4.69, 9.17) is 5.73 Å². The van der Waals surface area contributed by atoms with Crippen molar-refractivity contribution in [2.75, 3.05) is 5.73 Å². The number of nitrogens with two attached hydrogens (primary N) is 1. The van der Waals surface area contributed by atoms with Crippen molar-refractivity contribution < 1.29 is 8.42 Å². The fourth-order valence-electron chi connectivity index (χ4n) is 1.81. The Labute approximate surface area is 118 Å². The number of nitrogen functional groups attached to an aromatic ring is 1. The van der Waals surface area contributed by atoms with Crippen molar-refractivity contribution in [1.82, 2.24) is 14.7 Å². The van der Waals surface area contributed by atoms with Crippen LogP contribution >= 0.6 is 0 Å². The van der Waals surface area contributed by atoms with Gasteiger partial charge in [0.05, 0.1) is 6.20 Å². The van der Waals surface area contributed by atoms with Crippen LogP contribution in [0.4, 0.5) is 5.69 Å². The van der Waals surface area contributed by atoms with Crippen LogP contribution in [0, 0.1) is 0 Å². The van der Waals surface area contributed by atoms with Gasteiger partial charge in [-0.3, -0.25) is 0 Å². The molecule has 108 valence electrons. The number of rotatable bonds is 5. The van der Waals surface area contributed by atoms with E-state index < -0.39 is 10.0 Å². The third-order valence-electron chi connectivity index (χ3n) is 3.00. The summed E-state index contributed by atoms with van der Waals surface area (Å²) in [5.74, 6) is 0.644. The highest BCUT2D eigenvalue weighted by Gasteiger charge is 2.20. The summed E-state index contributed by atoms with van der Waals surface area (Å²) < 4.78 is 27.0. The van der Waals surface area contributed by atoms with Crippen molar-refractivity contribution in [2.45, 2.75) is 31.3 Å². The quantitative estimate of drug-likeness (QED) is 0.729. The first kappa shape index (κ1) is 14.5. The van der Waals surface area contributed by atoms with Crippen LogP contribution in [-0.4, -0.2) is 18.4 Å². The summed E-state index contributed by atoms with van der Waals surface area (Å²) in [7, 11) is -3.61. The second-order valence-corrected chi connectivity index (χ2v) is 6.24. The summed E-state index contributed by atoms with van der Waals surface area (Å²) in [5, 5.41) is 0.0802. The number of nitrogens with zero attached hydrogens (tertiary/aromatic N) is 1. The van der Waals surface area contributed by atoms with Crippen LogP contribution in [0.3, 0.4) is 0 Å². The fourth-order valence-corrected chi connectivity index (χ4v) is 2.98. The maximum absolute atomic E-state index is 12.2. The molecule has 2 rings (SSSR count). The molecule has 0 spiro atoms. The van der Waals surface area contributed by atoms with Crippen LogP contribution in [0.1, 0.15) is 31.3 Å². The first-order valence-corrected chi connectivity index (χ1v) is 7.82. The van der Waals surface area contributed by atoms with Gasteiger partial charge in [0.1, 0.15) is 5.82 Å². The summed E-state index contributed by atoms with van der Waals surface area (Å²) in [6, 6.07) is 6.73. The number of aromatic amines is 1. The average Bonchev–Trinajstić information content (AvgIpc) is 2.88. The van der Waals surface area contributed by atoms with Crippen molar-refractivity contribution >= 4 is 15.7 Å². The maximum Gasteiger partial charge on any atom is 0.258 e. The van der Waals surface area contributed by atoms with Gasteiger partial charge in [-0.2, -0.15) is 0 Å². The highest BCUT2D eigenvalue weighted by atomic mass is 32.2. The molecule has 1 unspecified atom stereocenters. The third kappa shape index (κ3) is 3.17. The molecule has 0 saturated heterocycles. The molecular formula is C13H18N4O2S. The van der Waals surface area contributed by atoms with Gasteiger partial charge in [-0.25, -0.2) is 18.1 Å². The Balaban J connectivity index is 2.17. The van der Waals surface area contributed by atoms with Crippen LogP contribution < -0.4 is 10.5 Å². The molecular weight excluding hydrogens is 276 g/mol. The fraction of sp³-hybridized carbons (Fsp3) is 0.308. The lowest BCUT2D eigenvalue weighted by molar-refractivity contribution is 0.563. The molecule has 4 N–H and O–H groups in total. The monoisotopic (exact) mass is 294 g/mol. The lowest BCUT2D eigenvalue weighted by Crippen LogP contribution is -2.27. The van der Waals surface area contributed by atoms with Crippen LogP contribution in [-0.2, 0) is 16.4 Å². The summed E-state index contributed by atoms with van der Waals surface area (Å²) in [5.41, 5.74) is 7.10. The predicted octanol–water partition coefficient (Wildman–Crippen LogP) is 1.59. The first-order chi connectivity index (χ1) is 9.42. The minimum Gasteiger partial charge on any atom is -0.399 e. The molecule has 20 heavy (non-hydrogen) atoms. The standard InChI is InChI=1S/C13H18N4O2S/c1-3-12-15-8-13(16-12)20(18,19)17-9(2)10-4-6-11(14)7-5-10/h4-9,17H,3,14H2,1-2H3,(H,15,16). The van der Waals surface area contributed by atoms with E-state index >= 15 is 0 Å². The van der Waals surface area contributed by atoms with Gasteiger partial charge < -0.3 is 10.7 Å². The number of benzene rings is 1. The average molecular weight is 294 g/mol. The van der Waals surface area contributed by atoms with E-state index in [1.807, 2.05) is 6.92 Å². The molecule has 0 amide bonds. The number of nitrogens with one attached hydrogen (secondary N) is 2. The van der Waals surface area contributed by atoms with E-state index in [1.165, 1.54) is 6.20 Å². The topological polar surface area (TPSA) is 101 Å². The molecule has 1 aromatic carbocycles. The molecule has 1 atom stereocenters. The third-order valence-corrected chi connectivity index (χ3v) is 4.45. The van der Waals surface area contributed by atoms with Crippen LogP contribution in [0.2, 0.25) is 0 Å². The normalized spacial score (nSPS) is 13.3. The summed E-state index contributed by atoms with van der Waals surface area (Å²) in [6.07, 6.45) is 1.99. The Morgan fingerprint density at radius 1 is 1.35 bits per heavy atom. The lowest BCUT2D eigenvalue weighted by atomic mass is 10.1. The molecule has 0 bridgehead atoms. The first-order valence-electron chi connectivity index (χ1n) is 6.34. The number of H-pyrrole nitrogens is 1. The molecule has 0 saturated carbocycles. The molecule has 0 aliphatic carbocycles. The molecule has 0 fully saturated rings. The minimum atomic E-state index is -3.61. The minimum absolute atomic E-state index is 0.0802. The Morgan fingerprint density at radius 3 is 2.55 bits per heavy atom. The van der Waals surface area contributed by atoms with E-state index in [2.05, 4.69) is 14.7 Å². The predicted molar refractivity (Wildman–Crippen MR) is 77.6 cm³/mol. The molecule has 1 aromatic heterocycles. The van der Waals surface area contributed by atoms with E-state index in [0.29, 0.717) is 17.9 Å². The molecule has 1 heterocycles. The Morgan fingerprint density at radius 2 is 2.00 bits per heavy atom. The van der Waals surface area contributed by atoms with Crippen molar-refractivity contribution in [2.24, 2.45) is 0 Å². The molecule has 0 aliphatic heterocycles. The maximum atomic E-state index is 12.2. The van der Waals surface area contributed by atoms with Gasteiger partial charge >= 0.3 is 0 Å². The molecule has 0 radical (unpaired) electrons. The van der Waals surface area contributed by atoms with E-state index in [9.17, 15) is 8.42 Å². The zero-order chi connectivity index (χ0) is 14.8. The Kier molecular flexibility index (Phi) is 4.10. The molecule has 0 aliphatic rings. The highest BCUT2D eigenvalue weighted by Crippen LogP contribution is 2.17. The number of hydrogen-bond donors (Lipinski definition) is 3. The van der Waals surface area contributed by atoms with E-state index in [1.54, 1.807) is 31.2 Å². The Hall–Kier alpha value is -1.86. The summed E-state index contributed by atoms with van der Waals surface area (Å²) in [4.78, 5) is 6.79. The van der Waals surface area contributed by atoms with Gasteiger partial charge in [0.25, 0.3) is 10.0 Å². The van der Waals surface area contributed by atoms with Gasteiger partial charge in [-0.1, -0.05) is 19.1 Å². The van der Waals surface area contributed by atoms with Gasteiger partial charge in [0.15, 0.2) is 5.03 Å². The van der Waals surface area contributed by atoms with Gasteiger partial charge in [0, 0.05) is 18.2 Å². The van der Waals surface area contributed by atoms with Gasteiger partial charge in [0.2, 0.25) is 0 Å². The van der Waals surface area contributed by atoms with Gasteiger partial charge in [-0.05, 0) is 24.6 Å². The number of sulfonamides is 1. The molecule has 6 nitrogen and oxygen atoms in total. The number of imidazole rings is 1. The van der Waals surface area contributed by atoms with Crippen molar-refractivity contribution in [3.8, 4) is 0 Å². The Bertz CT molecular complexity index is 677. The number of anilines is 1. The molecule has 7 heteroatoms. The molecule has 2 aromatic rings. The second-order valence-electron chi connectivity index (χ2n) is 4.56. The number of hydrogen-bond acceptors (Lipinski definition) is 4. The highest BCUT2D eigenvalue weighted by molar-refractivity contribution is 7.89. The van der Waals surface area contributed by atoms with Crippen molar-refractivity contribution in [1.29, 1.82) is 0 Å². The van der Waals surface area contributed by atoms with Crippen LogP contribution in [0.5, 0.6) is 0 Å². The van der Waals surface area contributed by atoms with Crippen LogP contribution in [0.25, 0.3) is 0 Å². The van der Waals surface area contributed by atoms with E-state index in [0.717, 1.165) is 5.56 Å².